The van der Waals surface area contributed by atoms with Crippen molar-refractivity contribution in [2.45, 2.75) is 0 Å². The zero-order valence-corrected chi connectivity index (χ0v) is 19.4. The predicted molar refractivity (Wildman–Crippen MR) is 121 cm³/mol. The van der Waals surface area contributed by atoms with Gasteiger partial charge in [0.25, 0.3) is 0 Å². The maximum atomic E-state index is 13.7. The summed E-state index contributed by atoms with van der Waals surface area (Å²) in [4.78, 5) is 13.7. The molecular formula is C25H16N6OPt. The van der Waals surface area contributed by atoms with Crippen molar-refractivity contribution in [3.63, 3.8) is 0 Å². The van der Waals surface area contributed by atoms with E-state index in [1.807, 2.05) is 85.2 Å². The molecule has 3 aromatic heterocycles. The molecule has 0 N–H and O–H groups in total. The molecule has 0 saturated carbocycles. The van der Waals surface area contributed by atoms with E-state index in [9.17, 15) is 4.79 Å². The summed E-state index contributed by atoms with van der Waals surface area (Å²) in [5, 5.41) is 8.58. The smallest absolute Gasteiger partial charge is 0.315 e. The van der Waals surface area contributed by atoms with Crippen molar-refractivity contribution in [2.75, 3.05) is 0 Å². The van der Waals surface area contributed by atoms with Crippen LogP contribution < -0.4 is 5.69 Å². The summed E-state index contributed by atoms with van der Waals surface area (Å²) in [5.41, 5.74) is 4.05. The second kappa shape index (κ2) is 8.52. The molecule has 3 aromatic carbocycles. The summed E-state index contributed by atoms with van der Waals surface area (Å²) >= 11 is 0. The molecule has 0 spiro atoms. The molecule has 6 aromatic rings. The SMILES string of the molecule is O=c1n(-c2[c-]c(-n3cccn3)ccc2)c2[c-]c(-n3cccn3)ccc2n1-c1ccccc1.[Pt+2]. The summed E-state index contributed by atoms with van der Waals surface area (Å²) in [6, 6.07) is 29.5. The van der Waals surface area contributed by atoms with E-state index in [1.54, 1.807) is 30.9 Å². The van der Waals surface area contributed by atoms with Gasteiger partial charge in [-0.1, -0.05) is 23.9 Å². The van der Waals surface area contributed by atoms with Crippen molar-refractivity contribution in [1.82, 2.24) is 28.7 Å². The van der Waals surface area contributed by atoms with Crippen LogP contribution in [0.25, 0.3) is 33.8 Å². The van der Waals surface area contributed by atoms with Gasteiger partial charge in [0.2, 0.25) is 0 Å². The minimum absolute atomic E-state index is 0. The Morgan fingerprint density at radius 2 is 1.30 bits per heavy atom. The number of nitrogens with zero attached hydrogens (tertiary/aromatic N) is 6. The average molecular weight is 612 g/mol. The Balaban J connectivity index is 0.00000228. The molecule has 0 aliphatic heterocycles. The topological polar surface area (TPSA) is 62.6 Å². The van der Waals surface area contributed by atoms with Crippen LogP contribution in [0.1, 0.15) is 0 Å². The fraction of sp³-hybridized carbons (Fsp3) is 0. The fourth-order valence-electron chi connectivity index (χ4n) is 3.83. The molecule has 0 radical (unpaired) electrons. The second-order valence-corrected chi connectivity index (χ2v) is 7.19. The largest absolute Gasteiger partial charge is 2.00 e. The first-order chi connectivity index (χ1) is 15.8. The van der Waals surface area contributed by atoms with Gasteiger partial charge in [-0.2, -0.15) is 16.3 Å². The fourth-order valence-corrected chi connectivity index (χ4v) is 3.83. The van der Waals surface area contributed by atoms with Gasteiger partial charge in [-0.25, -0.2) is 4.79 Å². The van der Waals surface area contributed by atoms with Gasteiger partial charge in [0.15, 0.2) is 0 Å². The van der Waals surface area contributed by atoms with E-state index in [0.29, 0.717) is 11.2 Å². The standard InChI is InChI=1S/C25H16N6O.Pt/c32-25-30(19-7-2-1-3-8-19)23-12-11-21(29-16-6-14-27-29)18-24(23)31(25)22-10-4-9-20(17-22)28-15-5-13-26-28;/h1-16H;/q-2;+2. The van der Waals surface area contributed by atoms with Crippen LogP contribution in [0, 0.1) is 12.1 Å². The van der Waals surface area contributed by atoms with Crippen LogP contribution in [-0.4, -0.2) is 28.7 Å². The summed E-state index contributed by atoms with van der Waals surface area (Å²) in [5.74, 6) is 0. The quantitative estimate of drug-likeness (QED) is 0.286. The Bertz CT molecular complexity index is 1580. The number of fused-ring (bicyclic) bond motifs is 1. The van der Waals surface area contributed by atoms with Crippen molar-refractivity contribution in [3.05, 3.63) is 120 Å². The Morgan fingerprint density at radius 1 is 0.636 bits per heavy atom. The van der Waals surface area contributed by atoms with E-state index in [-0.39, 0.29) is 26.8 Å². The van der Waals surface area contributed by atoms with E-state index < -0.39 is 0 Å². The monoisotopic (exact) mass is 611 g/mol. The van der Waals surface area contributed by atoms with Gasteiger partial charge in [0.05, 0.1) is 0 Å². The molecule has 8 heteroatoms. The van der Waals surface area contributed by atoms with Crippen molar-refractivity contribution in [3.8, 4) is 22.7 Å². The molecule has 0 unspecified atom stereocenters. The third-order valence-electron chi connectivity index (χ3n) is 5.26. The molecule has 6 rings (SSSR count). The predicted octanol–water partition coefficient (Wildman–Crippen LogP) is 3.75. The summed E-state index contributed by atoms with van der Waals surface area (Å²) in [7, 11) is 0. The average Bonchev–Trinajstić information content (AvgIpc) is 3.59. The molecule has 7 nitrogen and oxygen atoms in total. The van der Waals surface area contributed by atoms with Gasteiger partial charge in [-0.05, 0) is 46.7 Å². The number of imidazole rings is 1. The summed E-state index contributed by atoms with van der Waals surface area (Å²) in [6.45, 7) is 0. The Labute approximate surface area is 203 Å². The Morgan fingerprint density at radius 3 is 1.97 bits per heavy atom. The third-order valence-corrected chi connectivity index (χ3v) is 5.26. The van der Waals surface area contributed by atoms with Crippen molar-refractivity contribution in [2.24, 2.45) is 0 Å². The zero-order valence-electron chi connectivity index (χ0n) is 17.1. The minimum Gasteiger partial charge on any atom is -0.315 e. The number of aromatic nitrogens is 6. The van der Waals surface area contributed by atoms with Crippen LogP contribution >= 0.6 is 0 Å². The van der Waals surface area contributed by atoms with Gasteiger partial charge < -0.3 is 9.13 Å². The number of para-hydroxylation sites is 1. The number of hydrogen-bond acceptors (Lipinski definition) is 3. The summed E-state index contributed by atoms with van der Waals surface area (Å²) < 4.78 is 6.75. The Kier molecular flexibility index (Phi) is 5.40. The van der Waals surface area contributed by atoms with Crippen LogP contribution in [0.5, 0.6) is 0 Å². The molecule has 0 amide bonds. The van der Waals surface area contributed by atoms with Gasteiger partial charge in [0.1, 0.15) is 0 Å². The van der Waals surface area contributed by atoms with E-state index in [4.69, 9.17) is 0 Å². The zero-order chi connectivity index (χ0) is 21.5. The third kappa shape index (κ3) is 3.56. The van der Waals surface area contributed by atoms with E-state index in [1.165, 1.54) is 0 Å². The van der Waals surface area contributed by atoms with Gasteiger partial charge in [0, 0.05) is 30.5 Å². The van der Waals surface area contributed by atoms with Crippen LogP contribution in [0.15, 0.2) is 102 Å². The van der Waals surface area contributed by atoms with Crippen molar-refractivity contribution in [1.29, 1.82) is 0 Å². The molecule has 3 heterocycles. The minimum atomic E-state index is -0.200. The van der Waals surface area contributed by atoms with Crippen LogP contribution in [0.2, 0.25) is 0 Å². The van der Waals surface area contributed by atoms with Crippen LogP contribution in [-0.2, 0) is 21.1 Å². The molecule has 0 fully saturated rings. The molecule has 33 heavy (non-hydrogen) atoms. The Hall–Kier alpha value is -3.96. The first-order valence-corrected chi connectivity index (χ1v) is 10.1. The van der Waals surface area contributed by atoms with Crippen LogP contribution in [0.3, 0.4) is 0 Å². The van der Waals surface area contributed by atoms with E-state index >= 15 is 0 Å². The van der Waals surface area contributed by atoms with Gasteiger partial charge in [-0.15, -0.1) is 36.4 Å². The van der Waals surface area contributed by atoms with Crippen LogP contribution in [0.4, 0.5) is 0 Å². The molecule has 0 aliphatic rings. The second-order valence-electron chi connectivity index (χ2n) is 7.19. The molecular weight excluding hydrogens is 595 g/mol. The maximum absolute atomic E-state index is 13.7. The molecule has 0 atom stereocenters. The number of rotatable bonds is 4. The number of hydrogen-bond donors (Lipinski definition) is 0. The van der Waals surface area contributed by atoms with Crippen molar-refractivity contribution < 1.29 is 21.1 Å². The molecule has 0 aliphatic carbocycles. The summed E-state index contributed by atoms with van der Waals surface area (Å²) in [6.07, 6.45) is 7.10. The molecule has 0 bridgehead atoms. The number of benzene rings is 3. The maximum Gasteiger partial charge on any atom is 2.00 e. The first kappa shape index (κ1) is 20.9. The van der Waals surface area contributed by atoms with E-state index in [2.05, 4.69) is 22.3 Å². The van der Waals surface area contributed by atoms with E-state index in [0.717, 1.165) is 22.6 Å². The molecule has 162 valence electrons. The van der Waals surface area contributed by atoms with Gasteiger partial charge in [-0.3, -0.25) is 9.36 Å². The van der Waals surface area contributed by atoms with Crippen molar-refractivity contribution >= 4 is 11.0 Å². The molecule has 0 saturated heterocycles. The first-order valence-electron chi connectivity index (χ1n) is 10.1. The van der Waals surface area contributed by atoms with Gasteiger partial charge >= 0.3 is 26.8 Å². The normalized spacial score (nSPS) is 10.9.